The van der Waals surface area contributed by atoms with Crippen LogP contribution in [0.5, 0.6) is 0 Å². The van der Waals surface area contributed by atoms with Crippen molar-refractivity contribution in [3.8, 4) is 0 Å². The molecule has 2 aromatic carbocycles. The average molecular weight is 514 g/mol. The number of anilines is 1. The molecule has 1 aromatic heterocycles. The monoisotopic (exact) mass is 513 g/mol. The Bertz CT molecular complexity index is 1350. The number of hydrogen-bond acceptors (Lipinski definition) is 6. The maximum atomic E-state index is 13.2. The van der Waals surface area contributed by atoms with Gasteiger partial charge in [-0.05, 0) is 63.9 Å². The molecule has 2 N–H and O–H groups in total. The van der Waals surface area contributed by atoms with Crippen molar-refractivity contribution in [3.05, 3.63) is 54.2 Å². The summed E-state index contributed by atoms with van der Waals surface area (Å²) in [5, 5.41) is 10.4. The number of carbonyl (C=O) groups excluding carboxylic acids is 2. The third-order valence-electron chi connectivity index (χ3n) is 6.09. The van der Waals surface area contributed by atoms with Gasteiger partial charge in [-0.3, -0.25) is 9.89 Å². The molecule has 3 aromatic rings. The molecule has 36 heavy (non-hydrogen) atoms. The quantitative estimate of drug-likeness (QED) is 0.534. The van der Waals surface area contributed by atoms with E-state index < -0.39 is 21.7 Å². The van der Waals surface area contributed by atoms with Gasteiger partial charge in [0.1, 0.15) is 5.60 Å². The number of ether oxygens (including phenoxy) is 1. The van der Waals surface area contributed by atoms with Crippen LogP contribution in [-0.2, 0) is 14.8 Å². The molecule has 0 saturated carbocycles. The van der Waals surface area contributed by atoms with Crippen LogP contribution in [0, 0.1) is 0 Å². The zero-order valence-electron chi connectivity index (χ0n) is 20.8. The average Bonchev–Trinajstić information content (AvgIpc) is 3.27. The van der Waals surface area contributed by atoms with Crippen LogP contribution in [0.25, 0.3) is 10.9 Å². The number of benzene rings is 2. The Morgan fingerprint density at radius 1 is 1.08 bits per heavy atom. The van der Waals surface area contributed by atoms with Crippen LogP contribution in [0.4, 0.5) is 10.5 Å². The number of nitrogens with zero attached hydrogens (tertiary/aromatic N) is 3. The Morgan fingerprint density at radius 2 is 1.72 bits per heavy atom. The molecule has 0 bridgehead atoms. The van der Waals surface area contributed by atoms with Crippen molar-refractivity contribution < 1.29 is 22.7 Å². The third kappa shape index (κ3) is 5.52. The van der Waals surface area contributed by atoms with Crippen LogP contribution in [0.3, 0.4) is 0 Å². The first-order valence-electron chi connectivity index (χ1n) is 11.8. The van der Waals surface area contributed by atoms with Crippen molar-refractivity contribution in [2.45, 2.75) is 50.2 Å². The predicted molar refractivity (Wildman–Crippen MR) is 136 cm³/mol. The predicted octanol–water partition coefficient (Wildman–Crippen LogP) is 3.84. The maximum absolute atomic E-state index is 13.2. The zero-order valence-corrected chi connectivity index (χ0v) is 21.6. The third-order valence-corrected chi connectivity index (χ3v) is 8.00. The second kappa shape index (κ2) is 9.90. The molecule has 11 heteroatoms. The summed E-state index contributed by atoms with van der Waals surface area (Å²) in [6, 6.07) is 13.3. The molecular formula is C25H31N5O5S. The Labute approximate surface area is 210 Å². The van der Waals surface area contributed by atoms with Crippen LogP contribution >= 0.6 is 0 Å². The van der Waals surface area contributed by atoms with Crippen molar-refractivity contribution in [2.24, 2.45) is 0 Å². The van der Waals surface area contributed by atoms with Gasteiger partial charge < -0.3 is 15.0 Å². The first-order valence-corrected chi connectivity index (χ1v) is 13.2. The van der Waals surface area contributed by atoms with Crippen molar-refractivity contribution >= 4 is 38.6 Å². The summed E-state index contributed by atoms with van der Waals surface area (Å²) < 4.78 is 33.2. The Hall–Kier alpha value is -3.44. The molecule has 192 valence electrons. The Kier molecular flexibility index (Phi) is 7.05. The number of carbonyl (C=O) groups is 2. The van der Waals surface area contributed by atoms with E-state index in [-0.39, 0.29) is 22.5 Å². The lowest BCUT2D eigenvalue weighted by Crippen LogP contribution is -2.48. The summed E-state index contributed by atoms with van der Waals surface area (Å²) in [4.78, 5) is 26.7. The van der Waals surface area contributed by atoms with E-state index in [1.165, 1.54) is 16.4 Å². The van der Waals surface area contributed by atoms with Crippen LogP contribution < -0.4 is 5.32 Å². The molecule has 1 aliphatic heterocycles. The SMILES string of the molecule is CN(C(=O)OC(C)(C)C)C1CCN(S(=O)(=O)c2ccc(NC(=O)c3n[nH]c4ccccc34)cc2)CC1. The number of H-pyrrole nitrogens is 1. The van der Waals surface area contributed by atoms with Gasteiger partial charge in [-0.15, -0.1) is 0 Å². The maximum Gasteiger partial charge on any atom is 0.410 e. The fourth-order valence-electron chi connectivity index (χ4n) is 4.14. The fourth-order valence-corrected chi connectivity index (χ4v) is 5.61. The topological polar surface area (TPSA) is 125 Å². The molecule has 4 rings (SSSR count). The molecule has 1 fully saturated rings. The van der Waals surface area contributed by atoms with E-state index in [9.17, 15) is 18.0 Å². The number of fused-ring (bicyclic) bond motifs is 1. The molecule has 2 heterocycles. The minimum Gasteiger partial charge on any atom is -0.444 e. The highest BCUT2D eigenvalue weighted by atomic mass is 32.2. The summed E-state index contributed by atoms with van der Waals surface area (Å²) in [7, 11) is -2.03. The molecule has 2 amide bonds. The smallest absolute Gasteiger partial charge is 0.410 e. The lowest BCUT2D eigenvalue weighted by atomic mass is 10.1. The highest BCUT2D eigenvalue weighted by Gasteiger charge is 2.33. The highest BCUT2D eigenvalue weighted by molar-refractivity contribution is 7.89. The first kappa shape index (κ1) is 25.6. The number of amides is 2. The van der Waals surface area contributed by atoms with Crippen molar-refractivity contribution in [1.29, 1.82) is 0 Å². The molecule has 0 radical (unpaired) electrons. The number of hydrogen-bond donors (Lipinski definition) is 2. The Morgan fingerprint density at radius 3 is 2.36 bits per heavy atom. The Balaban J connectivity index is 1.37. The normalized spacial score (nSPS) is 15.6. The second-order valence-corrected chi connectivity index (χ2v) is 11.8. The molecule has 0 atom stereocenters. The van der Waals surface area contributed by atoms with Crippen molar-refractivity contribution in [3.63, 3.8) is 0 Å². The van der Waals surface area contributed by atoms with E-state index in [4.69, 9.17) is 4.74 Å². The van der Waals surface area contributed by atoms with Gasteiger partial charge in [0.15, 0.2) is 5.69 Å². The van der Waals surface area contributed by atoms with Crippen molar-refractivity contribution in [1.82, 2.24) is 19.4 Å². The molecule has 0 spiro atoms. The summed E-state index contributed by atoms with van der Waals surface area (Å²) >= 11 is 0. The molecule has 1 saturated heterocycles. The number of aromatic nitrogens is 2. The molecule has 1 aliphatic rings. The van der Waals surface area contributed by atoms with E-state index in [0.717, 1.165) is 5.52 Å². The second-order valence-electron chi connectivity index (χ2n) is 9.82. The highest BCUT2D eigenvalue weighted by Crippen LogP contribution is 2.25. The van der Waals surface area contributed by atoms with Crippen LogP contribution in [-0.4, -0.2) is 71.6 Å². The van der Waals surface area contributed by atoms with Gasteiger partial charge in [-0.1, -0.05) is 18.2 Å². The number of rotatable bonds is 5. The first-order chi connectivity index (χ1) is 17.0. The zero-order chi connectivity index (χ0) is 26.1. The number of sulfonamides is 1. The van der Waals surface area contributed by atoms with Crippen LogP contribution in [0.1, 0.15) is 44.1 Å². The van der Waals surface area contributed by atoms with Gasteiger partial charge in [0.25, 0.3) is 5.91 Å². The summed E-state index contributed by atoms with van der Waals surface area (Å²) in [5.41, 5.74) is 0.892. The van der Waals surface area contributed by atoms with E-state index in [1.54, 1.807) is 30.1 Å². The number of nitrogens with one attached hydrogen (secondary N) is 2. The summed E-state index contributed by atoms with van der Waals surface area (Å²) in [5.74, 6) is -0.390. The van der Waals surface area contributed by atoms with Gasteiger partial charge in [-0.2, -0.15) is 9.40 Å². The number of aromatic amines is 1. The number of piperidine rings is 1. The van der Waals surface area contributed by atoms with Gasteiger partial charge in [-0.25, -0.2) is 13.2 Å². The molecule has 10 nitrogen and oxygen atoms in total. The van der Waals surface area contributed by atoms with E-state index in [0.29, 0.717) is 37.0 Å². The van der Waals surface area contributed by atoms with Crippen LogP contribution in [0.15, 0.2) is 53.4 Å². The molecule has 0 aliphatic carbocycles. The van der Waals surface area contributed by atoms with E-state index >= 15 is 0 Å². The lowest BCUT2D eigenvalue weighted by Gasteiger charge is -2.36. The van der Waals surface area contributed by atoms with Crippen molar-refractivity contribution in [2.75, 3.05) is 25.5 Å². The molecular weight excluding hydrogens is 482 g/mol. The van der Waals surface area contributed by atoms with Gasteiger partial charge in [0, 0.05) is 37.3 Å². The van der Waals surface area contributed by atoms with Gasteiger partial charge in [0.2, 0.25) is 10.0 Å². The van der Waals surface area contributed by atoms with Gasteiger partial charge >= 0.3 is 6.09 Å². The van der Waals surface area contributed by atoms with E-state index in [1.807, 2.05) is 39.0 Å². The van der Waals surface area contributed by atoms with Gasteiger partial charge in [0.05, 0.1) is 10.4 Å². The summed E-state index contributed by atoms with van der Waals surface area (Å²) in [6.07, 6.45) is 0.617. The number of para-hydroxylation sites is 1. The molecule has 0 unspecified atom stereocenters. The largest absolute Gasteiger partial charge is 0.444 e. The van der Waals surface area contributed by atoms with E-state index in [2.05, 4.69) is 15.5 Å². The lowest BCUT2D eigenvalue weighted by molar-refractivity contribution is 0.0178. The fraction of sp³-hybridized carbons (Fsp3) is 0.400. The minimum atomic E-state index is -3.71. The standard InChI is InChI=1S/C25H31N5O5S/c1-25(2,3)35-24(32)29(4)18-13-15-30(16-14-18)36(33,34)19-11-9-17(10-12-19)26-23(31)22-20-7-5-6-8-21(20)27-28-22/h5-12,18H,13-16H2,1-4H3,(H,26,31)(H,27,28). The minimum absolute atomic E-state index is 0.0954. The van der Waals surface area contributed by atoms with Crippen LogP contribution in [0.2, 0.25) is 0 Å². The summed E-state index contributed by atoms with van der Waals surface area (Å²) in [6.45, 7) is 6.02.